The molecule has 1 saturated heterocycles. The Morgan fingerprint density at radius 1 is 1.25 bits per heavy atom. The molecule has 0 bridgehead atoms. The van der Waals surface area contributed by atoms with Crippen molar-refractivity contribution in [2.45, 2.75) is 45.2 Å². The molecule has 2 atom stereocenters. The quantitative estimate of drug-likeness (QED) is 0.895. The van der Waals surface area contributed by atoms with Crippen molar-refractivity contribution in [2.24, 2.45) is 0 Å². The van der Waals surface area contributed by atoms with Crippen molar-refractivity contribution in [1.82, 2.24) is 10.2 Å². The molecule has 3 nitrogen and oxygen atoms in total. The molecule has 1 aliphatic rings. The van der Waals surface area contributed by atoms with E-state index in [-0.39, 0.29) is 0 Å². The fraction of sp³-hybridized carbons (Fsp3) is 0.647. The van der Waals surface area contributed by atoms with Gasteiger partial charge in [-0.15, -0.1) is 0 Å². The van der Waals surface area contributed by atoms with Crippen molar-refractivity contribution in [2.75, 3.05) is 26.7 Å². The third-order valence-electron chi connectivity index (χ3n) is 3.99. The van der Waals surface area contributed by atoms with Gasteiger partial charge in [0.25, 0.3) is 0 Å². The lowest BCUT2D eigenvalue weighted by atomic mass is 10.1. The number of likely N-dealkylation sites (tertiary alicyclic amines) is 1. The van der Waals surface area contributed by atoms with E-state index in [2.05, 4.69) is 43.2 Å². The maximum absolute atomic E-state index is 5.84. The first-order valence-electron chi connectivity index (χ1n) is 7.77. The highest BCUT2D eigenvalue weighted by molar-refractivity contribution is 5.26. The smallest absolute Gasteiger partial charge is 0.119 e. The highest BCUT2D eigenvalue weighted by atomic mass is 16.5. The van der Waals surface area contributed by atoms with E-state index < -0.39 is 0 Å². The van der Waals surface area contributed by atoms with Crippen LogP contribution in [0.3, 0.4) is 0 Å². The van der Waals surface area contributed by atoms with Crippen molar-refractivity contribution in [3.63, 3.8) is 0 Å². The van der Waals surface area contributed by atoms with Crippen LogP contribution >= 0.6 is 0 Å². The van der Waals surface area contributed by atoms with Crippen LogP contribution < -0.4 is 10.1 Å². The van der Waals surface area contributed by atoms with Gasteiger partial charge in [-0.2, -0.15) is 0 Å². The van der Waals surface area contributed by atoms with Crippen LogP contribution in [0.1, 0.15) is 31.7 Å². The lowest BCUT2D eigenvalue weighted by molar-refractivity contribution is 0.254. The topological polar surface area (TPSA) is 24.5 Å². The number of ether oxygens (including phenoxy) is 1. The van der Waals surface area contributed by atoms with Gasteiger partial charge in [-0.3, -0.25) is 0 Å². The number of nitrogens with zero attached hydrogens (tertiary/aromatic N) is 1. The molecule has 0 spiro atoms. The predicted molar refractivity (Wildman–Crippen MR) is 84.4 cm³/mol. The van der Waals surface area contributed by atoms with Gasteiger partial charge in [0, 0.05) is 12.1 Å². The second-order valence-corrected chi connectivity index (χ2v) is 6.12. The minimum absolute atomic E-state index is 0.393. The summed E-state index contributed by atoms with van der Waals surface area (Å²) < 4.78 is 5.84. The van der Waals surface area contributed by atoms with E-state index in [0.717, 1.165) is 12.4 Å². The zero-order chi connectivity index (χ0) is 14.4. The summed E-state index contributed by atoms with van der Waals surface area (Å²) in [6.07, 6.45) is 3.81. The molecule has 1 aliphatic heterocycles. The highest BCUT2D eigenvalue weighted by Crippen LogP contribution is 2.13. The summed E-state index contributed by atoms with van der Waals surface area (Å²) in [7, 11) is 2.21. The van der Waals surface area contributed by atoms with Crippen molar-refractivity contribution in [1.29, 1.82) is 0 Å². The van der Waals surface area contributed by atoms with Crippen LogP contribution in [0.15, 0.2) is 24.3 Å². The summed E-state index contributed by atoms with van der Waals surface area (Å²) >= 11 is 0. The molecule has 0 aliphatic carbocycles. The van der Waals surface area contributed by atoms with E-state index in [1.54, 1.807) is 0 Å². The van der Waals surface area contributed by atoms with Gasteiger partial charge in [0.05, 0.1) is 0 Å². The summed E-state index contributed by atoms with van der Waals surface area (Å²) in [6.45, 7) is 7.46. The Labute approximate surface area is 123 Å². The molecule has 1 N–H and O–H groups in total. The third-order valence-corrected chi connectivity index (χ3v) is 3.99. The van der Waals surface area contributed by atoms with Crippen LogP contribution in [0, 0.1) is 6.92 Å². The lowest BCUT2D eigenvalue weighted by Gasteiger charge is -2.22. The average Bonchev–Trinajstić information content (AvgIpc) is 2.63. The fourth-order valence-electron chi connectivity index (χ4n) is 2.71. The normalized spacial score (nSPS) is 22.2. The van der Waals surface area contributed by atoms with E-state index in [4.69, 9.17) is 4.74 Å². The number of aryl methyl sites for hydroxylation is 1. The number of benzene rings is 1. The Hall–Kier alpha value is -1.06. The molecule has 0 aromatic heterocycles. The van der Waals surface area contributed by atoms with Gasteiger partial charge in [-0.25, -0.2) is 0 Å². The van der Waals surface area contributed by atoms with Gasteiger partial charge in [0.1, 0.15) is 12.4 Å². The third kappa shape index (κ3) is 5.14. The zero-order valence-electron chi connectivity index (χ0n) is 13.1. The highest BCUT2D eigenvalue weighted by Gasteiger charge is 2.16. The monoisotopic (exact) mass is 276 g/mol. The van der Waals surface area contributed by atoms with Gasteiger partial charge in [0.15, 0.2) is 0 Å². The standard InChI is InChI=1S/C17H28N2O/c1-14-6-8-17(9-7-14)20-13-15(2)18-16-5-4-11-19(3)12-10-16/h6-9,15-16,18H,4-5,10-13H2,1-3H3. The van der Waals surface area contributed by atoms with Gasteiger partial charge < -0.3 is 15.0 Å². The SMILES string of the molecule is Cc1ccc(OCC(C)NC2CCCN(C)CC2)cc1. The number of hydrogen-bond donors (Lipinski definition) is 1. The van der Waals surface area contributed by atoms with Gasteiger partial charge in [-0.1, -0.05) is 17.7 Å². The largest absolute Gasteiger partial charge is 0.492 e. The number of nitrogens with one attached hydrogen (secondary N) is 1. The van der Waals surface area contributed by atoms with Crippen molar-refractivity contribution in [3.05, 3.63) is 29.8 Å². The van der Waals surface area contributed by atoms with Crippen molar-refractivity contribution >= 4 is 0 Å². The lowest BCUT2D eigenvalue weighted by Crippen LogP contribution is -2.40. The summed E-state index contributed by atoms with van der Waals surface area (Å²) in [5.74, 6) is 0.963. The van der Waals surface area contributed by atoms with Crippen LogP contribution in [0.5, 0.6) is 5.75 Å². The Kier molecular flexibility index (Phi) is 5.86. The van der Waals surface area contributed by atoms with Gasteiger partial charge in [0.2, 0.25) is 0 Å². The van der Waals surface area contributed by atoms with Gasteiger partial charge >= 0.3 is 0 Å². The maximum Gasteiger partial charge on any atom is 0.119 e. The second-order valence-electron chi connectivity index (χ2n) is 6.12. The minimum Gasteiger partial charge on any atom is -0.492 e. The van der Waals surface area contributed by atoms with Gasteiger partial charge in [-0.05, 0) is 65.4 Å². The van der Waals surface area contributed by atoms with Crippen LogP contribution in [-0.4, -0.2) is 43.7 Å². The van der Waals surface area contributed by atoms with Crippen LogP contribution in [0.2, 0.25) is 0 Å². The number of rotatable bonds is 5. The Bertz CT molecular complexity index is 390. The van der Waals surface area contributed by atoms with Crippen LogP contribution in [0.25, 0.3) is 0 Å². The average molecular weight is 276 g/mol. The van der Waals surface area contributed by atoms with Crippen LogP contribution in [0.4, 0.5) is 0 Å². The molecule has 0 saturated carbocycles. The fourth-order valence-corrected chi connectivity index (χ4v) is 2.71. The molecule has 112 valence electrons. The van der Waals surface area contributed by atoms with E-state index in [1.807, 2.05) is 12.1 Å². The molecule has 3 heteroatoms. The molecule has 1 aromatic carbocycles. The first-order valence-corrected chi connectivity index (χ1v) is 7.77. The van der Waals surface area contributed by atoms with E-state index >= 15 is 0 Å². The molecule has 1 fully saturated rings. The summed E-state index contributed by atoms with van der Waals surface area (Å²) in [5.41, 5.74) is 1.27. The molecule has 0 amide bonds. The molecule has 2 rings (SSSR count). The number of hydrogen-bond acceptors (Lipinski definition) is 3. The molecule has 2 unspecified atom stereocenters. The summed E-state index contributed by atoms with van der Waals surface area (Å²) in [5, 5.41) is 3.71. The molecule has 1 aromatic rings. The van der Waals surface area contributed by atoms with Crippen molar-refractivity contribution in [3.8, 4) is 5.75 Å². The Morgan fingerprint density at radius 2 is 2.00 bits per heavy atom. The van der Waals surface area contributed by atoms with E-state index in [1.165, 1.54) is 37.9 Å². The van der Waals surface area contributed by atoms with E-state index in [9.17, 15) is 0 Å². The zero-order valence-corrected chi connectivity index (χ0v) is 13.1. The van der Waals surface area contributed by atoms with Crippen molar-refractivity contribution < 1.29 is 4.74 Å². The van der Waals surface area contributed by atoms with E-state index in [0.29, 0.717) is 12.1 Å². The maximum atomic E-state index is 5.84. The molecule has 0 radical (unpaired) electrons. The summed E-state index contributed by atoms with van der Waals surface area (Å²) in [4.78, 5) is 2.43. The summed E-state index contributed by atoms with van der Waals surface area (Å²) in [6, 6.07) is 9.30. The molecule has 1 heterocycles. The predicted octanol–water partition coefficient (Wildman–Crippen LogP) is 2.84. The minimum atomic E-state index is 0.393. The molecular formula is C17H28N2O. The Morgan fingerprint density at radius 3 is 2.75 bits per heavy atom. The van der Waals surface area contributed by atoms with Crippen LogP contribution in [-0.2, 0) is 0 Å². The first-order chi connectivity index (χ1) is 9.63. The second kappa shape index (κ2) is 7.65. The molecular weight excluding hydrogens is 248 g/mol. The Balaban J connectivity index is 1.71. The molecule has 20 heavy (non-hydrogen) atoms. The first kappa shape index (κ1) is 15.3.